The molecule has 1 aromatic carbocycles. The Morgan fingerprint density at radius 2 is 2.17 bits per heavy atom. The Kier molecular flexibility index (Phi) is 4.83. The molecule has 2 amide bonds. The zero-order valence-corrected chi connectivity index (χ0v) is 15.0. The van der Waals surface area contributed by atoms with Gasteiger partial charge in [0, 0.05) is 31.1 Å². The van der Waals surface area contributed by atoms with E-state index in [1.54, 1.807) is 4.90 Å². The summed E-state index contributed by atoms with van der Waals surface area (Å²) in [7, 11) is 3.96. The second-order valence-corrected chi connectivity index (χ2v) is 7.56. The van der Waals surface area contributed by atoms with Gasteiger partial charge in [-0.1, -0.05) is 23.7 Å². The van der Waals surface area contributed by atoms with Gasteiger partial charge in [0.2, 0.25) is 11.8 Å². The molecule has 5 nitrogen and oxygen atoms in total. The van der Waals surface area contributed by atoms with Crippen molar-refractivity contribution in [1.29, 1.82) is 0 Å². The maximum atomic E-state index is 12.7. The van der Waals surface area contributed by atoms with Crippen LogP contribution in [-0.2, 0) is 15.1 Å². The zero-order chi connectivity index (χ0) is 17.3. The van der Waals surface area contributed by atoms with Gasteiger partial charge in [-0.15, -0.1) is 0 Å². The number of hydrogen-bond donors (Lipinski definition) is 1. The first-order chi connectivity index (χ1) is 11.4. The molecule has 24 heavy (non-hydrogen) atoms. The molecule has 0 bridgehead atoms. The van der Waals surface area contributed by atoms with Crippen molar-refractivity contribution in [2.24, 2.45) is 5.92 Å². The molecule has 3 rings (SSSR count). The second-order valence-electron chi connectivity index (χ2n) is 7.13. The monoisotopic (exact) mass is 349 g/mol. The maximum absolute atomic E-state index is 12.7. The van der Waals surface area contributed by atoms with Gasteiger partial charge in [0.05, 0.1) is 11.5 Å². The van der Waals surface area contributed by atoms with Crippen LogP contribution in [0.3, 0.4) is 0 Å². The van der Waals surface area contributed by atoms with Crippen molar-refractivity contribution in [1.82, 2.24) is 15.1 Å². The lowest BCUT2D eigenvalue weighted by atomic mass is 10.0. The topological polar surface area (TPSA) is 52.6 Å². The highest BCUT2D eigenvalue weighted by atomic mass is 35.5. The Labute approximate surface area is 147 Å². The fourth-order valence-electron chi connectivity index (χ4n) is 3.22. The predicted molar refractivity (Wildman–Crippen MR) is 93.7 cm³/mol. The number of carbonyl (C=O) groups excluding carboxylic acids is 2. The summed E-state index contributed by atoms with van der Waals surface area (Å²) in [6, 6.07) is 7.66. The van der Waals surface area contributed by atoms with Gasteiger partial charge < -0.3 is 15.1 Å². The first-order valence-electron chi connectivity index (χ1n) is 8.40. The molecule has 1 aliphatic carbocycles. The van der Waals surface area contributed by atoms with Crippen LogP contribution in [0.15, 0.2) is 24.3 Å². The van der Waals surface area contributed by atoms with Crippen LogP contribution in [0, 0.1) is 5.92 Å². The molecule has 1 N–H and O–H groups in total. The molecule has 1 saturated heterocycles. The summed E-state index contributed by atoms with van der Waals surface area (Å²) in [4.78, 5) is 28.6. The molecular formula is C18H24ClN3O2. The number of rotatable bonds is 6. The van der Waals surface area contributed by atoms with Gasteiger partial charge in [0.15, 0.2) is 0 Å². The molecular weight excluding hydrogens is 326 g/mol. The van der Waals surface area contributed by atoms with Crippen molar-refractivity contribution in [2.75, 3.05) is 33.7 Å². The van der Waals surface area contributed by atoms with Gasteiger partial charge >= 0.3 is 0 Å². The van der Waals surface area contributed by atoms with E-state index < -0.39 is 0 Å². The number of likely N-dealkylation sites (N-methyl/N-ethyl adjacent to an activating group) is 1. The Balaban J connectivity index is 1.61. The molecule has 1 atom stereocenters. The molecule has 2 aliphatic rings. The van der Waals surface area contributed by atoms with Crippen molar-refractivity contribution in [3.8, 4) is 0 Å². The molecule has 1 saturated carbocycles. The number of carbonyl (C=O) groups is 2. The van der Waals surface area contributed by atoms with Crippen LogP contribution >= 0.6 is 11.6 Å². The van der Waals surface area contributed by atoms with Crippen LogP contribution in [0.25, 0.3) is 0 Å². The normalized spacial score (nSPS) is 22.1. The minimum atomic E-state index is -0.290. The molecule has 1 heterocycles. The van der Waals surface area contributed by atoms with Crippen molar-refractivity contribution in [3.05, 3.63) is 34.9 Å². The second kappa shape index (κ2) is 6.73. The number of amides is 2. The average Bonchev–Trinajstić information content (AvgIpc) is 3.21. The molecule has 1 aromatic rings. The molecule has 0 radical (unpaired) electrons. The quantitative estimate of drug-likeness (QED) is 0.852. The molecule has 0 spiro atoms. The smallest absolute Gasteiger partial charge is 0.226 e. The lowest BCUT2D eigenvalue weighted by molar-refractivity contribution is -0.129. The maximum Gasteiger partial charge on any atom is 0.226 e. The van der Waals surface area contributed by atoms with E-state index in [1.807, 2.05) is 43.3 Å². The largest absolute Gasteiger partial charge is 0.346 e. The molecule has 6 heteroatoms. The highest BCUT2D eigenvalue weighted by Gasteiger charge is 2.47. The van der Waals surface area contributed by atoms with E-state index in [0.29, 0.717) is 24.5 Å². The fourth-order valence-corrected chi connectivity index (χ4v) is 3.41. The van der Waals surface area contributed by atoms with Gasteiger partial charge in [-0.2, -0.15) is 0 Å². The standard InChI is InChI=1S/C18H24ClN3O2/c1-21(2)8-9-22-12-13(10-16(22)23)17(24)20-18(6-7-18)14-4-3-5-15(19)11-14/h3-5,11,13H,6-10,12H2,1-2H3,(H,20,24). The van der Waals surface area contributed by atoms with Crippen molar-refractivity contribution in [3.63, 3.8) is 0 Å². The number of nitrogens with one attached hydrogen (secondary N) is 1. The Hall–Kier alpha value is -1.59. The summed E-state index contributed by atoms with van der Waals surface area (Å²) < 4.78 is 0. The molecule has 1 aliphatic heterocycles. The number of likely N-dealkylation sites (tertiary alicyclic amines) is 1. The Bertz CT molecular complexity index is 643. The van der Waals surface area contributed by atoms with Crippen LogP contribution in [0.4, 0.5) is 0 Å². The third kappa shape index (κ3) is 3.73. The summed E-state index contributed by atoms with van der Waals surface area (Å²) >= 11 is 6.07. The highest BCUT2D eigenvalue weighted by Crippen LogP contribution is 2.46. The number of benzene rings is 1. The van der Waals surface area contributed by atoms with E-state index >= 15 is 0 Å². The summed E-state index contributed by atoms with van der Waals surface area (Å²) in [5.74, 6) is -0.200. The first kappa shape index (κ1) is 17.2. The average molecular weight is 350 g/mol. The van der Waals surface area contributed by atoms with Gasteiger partial charge in [-0.05, 0) is 44.6 Å². The lowest BCUT2D eigenvalue weighted by Gasteiger charge is -2.22. The van der Waals surface area contributed by atoms with Crippen LogP contribution in [0.1, 0.15) is 24.8 Å². The number of hydrogen-bond acceptors (Lipinski definition) is 3. The Morgan fingerprint density at radius 1 is 1.42 bits per heavy atom. The fraction of sp³-hybridized carbons (Fsp3) is 0.556. The first-order valence-corrected chi connectivity index (χ1v) is 8.78. The SMILES string of the molecule is CN(C)CCN1CC(C(=O)NC2(c3cccc(Cl)c3)CC2)CC1=O. The summed E-state index contributed by atoms with van der Waals surface area (Å²) in [6.45, 7) is 2.01. The Morgan fingerprint density at radius 3 is 2.79 bits per heavy atom. The van der Waals surface area contributed by atoms with E-state index in [-0.39, 0.29) is 23.3 Å². The number of halogens is 1. The minimum absolute atomic E-state index is 0.0202. The van der Waals surface area contributed by atoms with E-state index in [2.05, 4.69) is 5.32 Å². The van der Waals surface area contributed by atoms with E-state index in [0.717, 1.165) is 24.9 Å². The third-order valence-electron chi connectivity index (χ3n) is 4.89. The van der Waals surface area contributed by atoms with E-state index in [9.17, 15) is 9.59 Å². The van der Waals surface area contributed by atoms with Gasteiger partial charge in [-0.3, -0.25) is 9.59 Å². The third-order valence-corrected chi connectivity index (χ3v) is 5.13. The van der Waals surface area contributed by atoms with Gasteiger partial charge in [0.1, 0.15) is 0 Å². The van der Waals surface area contributed by atoms with Crippen LogP contribution in [-0.4, -0.2) is 55.3 Å². The van der Waals surface area contributed by atoms with Gasteiger partial charge in [0.25, 0.3) is 0 Å². The highest BCUT2D eigenvalue weighted by molar-refractivity contribution is 6.30. The van der Waals surface area contributed by atoms with Gasteiger partial charge in [-0.25, -0.2) is 0 Å². The van der Waals surface area contributed by atoms with Crippen molar-refractivity contribution in [2.45, 2.75) is 24.8 Å². The predicted octanol–water partition coefficient (Wildman–Crippen LogP) is 1.86. The van der Waals surface area contributed by atoms with E-state index in [4.69, 9.17) is 11.6 Å². The van der Waals surface area contributed by atoms with Crippen LogP contribution in [0.2, 0.25) is 5.02 Å². The number of nitrogens with zero attached hydrogens (tertiary/aromatic N) is 2. The lowest BCUT2D eigenvalue weighted by Crippen LogP contribution is -2.40. The van der Waals surface area contributed by atoms with Crippen LogP contribution in [0.5, 0.6) is 0 Å². The summed E-state index contributed by atoms with van der Waals surface area (Å²) in [5.41, 5.74) is 0.763. The minimum Gasteiger partial charge on any atom is -0.346 e. The molecule has 130 valence electrons. The molecule has 1 unspecified atom stereocenters. The van der Waals surface area contributed by atoms with Crippen LogP contribution < -0.4 is 5.32 Å². The molecule has 2 fully saturated rings. The van der Waals surface area contributed by atoms with Crippen molar-refractivity contribution < 1.29 is 9.59 Å². The van der Waals surface area contributed by atoms with E-state index in [1.165, 1.54) is 0 Å². The molecule has 0 aromatic heterocycles. The van der Waals surface area contributed by atoms with Crippen molar-refractivity contribution >= 4 is 23.4 Å². The summed E-state index contributed by atoms with van der Waals surface area (Å²) in [6.07, 6.45) is 2.15. The summed E-state index contributed by atoms with van der Waals surface area (Å²) in [5, 5.41) is 3.85. The zero-order valence-electron chi connectivity index (χ0n) is 14.2.